The first-order valence-corrected chi connectivity index (χ1v) is 8.87. The molecule has 142 valence electrons. The number of nitrogens with zero attached hydrogens (tertiary/aromatic N) is 4. The third-order valence-corrected chi connectivity index (χ3v) is 4.50. The maximum atomic E-state index is 12.4. The van der Waals surface area contributed by atoms with Crippen molar-refractivity contribution in [2.75, 3.05) is 45.2 Å². The first-order chi connectivity index (χ1) is 13.2. The van der Waals surface area contributed by atoms with Crippen molar-refractivity contribution in [1.29, 1.82) is 0 Å². The fourth-order valence-corrected chi connectivity index (χ4v) is 2.85. The van der Waals surface area contributed by atoms with Crippen LogP contribution in [-0.4, -0.2) is 71.9 Å². The molecule has 8 nitrogen and oxygen atoms in total. The molecule has 1 aromatic carbocycles. The minimum atomic E-state index is -0.155. The van der Waals surface area contributed by atoms with Crippen LogP contribution < -0.4 is 10.1 Å². The number of hydrogen-bond donors (Lipinski definition) is 1. The lowest BCUT2D eigenvalue weighted by atomic mass is 10.1. The molecule has 3 rings (SSSR count). The zero-order chi connectivity index (χ0) is 19.1. The molecule has 1 aromatic heterocycles. The van der Waals surface area contributed by atoms with Gasteiger partial charge in [-0.3, -0.25) is 9.59 Å². The lowest BCUT2D eigenvalue weighted by molar-refractivity contribution is -0.119. The van der Waals surface area contributed by atoms with E-state index in [0.29, 0.717) is 44.2 Å². The predicted octanol–water partition coefficient (Wildman–Crippen LogP) is 1.05. The maximum absolute atomic E-state index is 12.4. The van der Waals surface area contributed by atoms with Crippen LogP contribution in [0.3, 0.4) is 0 Å². The fraction of sp³-hybridized carbons (Fsp3) is 0.368. The lowest BCUT2D eigenvalue weighted by Gasteiger charge is -2.32. The summed E-state index contributed by atoms with van der Waals surface area (Å²) in [5, 5.41) is 3.21. The fourth-order valence-electron chi connectivity index (χ4n) is 2.85. The number of amides is 2. The second kappa shape index (κ2) is 8.98. The third-order valence-electron chi connectivity index (χ3n) is 4.50. The molecule has 2 heterocycles. The van der Waals surface area contributed by atoms with Crippen LogP contribution in [-0.2, 0) is 11.2 Å². The van der Waals surface area contributed by atoms with Gasteiger partial charge in [0.2, 0.25) is 6.41 Å². The third kappa shape index (κ3) is 4.93. The molecule has 0 aliphatic carbocycles. The van der Waals surface area contributed by atoms with E-state index in [1.54, 1.807) is 23.1 Å². The van der Waals surface area contributed by atoms with E-state index in [2.05, 4.69) is 15.3 Å². The van der Waals surface area contributed by atoms with Crippen LogP contribution in [0.15, 0.2) is 36.7 Å². The van der Waals surface area contributed by atoms with Crippen molar-refractivity contribution in [2.45, 2.75) is 6.42 Å². The Morgan fingerprint density at radius 3 is 2.48 bits per heavy atom. The Kier molecular flexibility index (Phi) is 6.19. The Hall–Kier alpha value is -3.16. The van der Waals surface area contributed by atoms with Crippen molar-refractivity contribution < 1.29 is 14.3 Å². The van der Waals surface area contributed by atoms with E-state index < -0.39 is 0 Å². The zero-order valence-electron chi connectivity index (χ0n) is 15.3. The van der Waals surface area contributed by atoms with Crippen molar-refractivity contribution >= 4 is 18.1 Å². The minimum Gasteiger partial charge on any atom is -0.497 e. The molecule has 0 atom stereocenters. The van der Waals surface area contributed by atoms with Crippen LogP contribution in [0.5, 0.6) is 5.75 Å². The molecule has 8 heteroatoms. The summed E-state index contributed by atoms with van der Waals surface area (Å²) in [5.41, 5.74) is 1.51. The average molecular weight is 369 g/mol. The number of hydrogen-bond acceptors (Lipinski definition) is 6. The number of anilines is 1. The summed E-state index contributed by atoms with van der Waals surface area (Å²) in [7, 11) is 1.65. The van der Waals surface area contributed by atoms with Crippen LogP contribution in [0, 0.1) is 0 Å². The molecule has 0 bridgehead atoms. The Morgan fingerprint density at radius 1 is 1.15 bits per heavy atom. The molecule has 0 saturated carbocycles. The predicted molar refractivity (Wildman–Crippen MR) is 101 cm³/mol. The van der Waals surface area contributed by atoms with Gasteiger partial charge in [-0.05, 0) is 24.1 Å². The molecule has 2 amide bonds. The molecular weight excluding hydrogens is 346 g/mol. The van der Waals surface area contributed by atoms with Gasteiger partial charge in [0.1, 0.15) is 17.3 Å². The Morgan fingerprint density at radius 2 is 1.89 bits per heavy atom. The largest absolute Gasteiger partial charge is 0.497 e. The van der Waals surface area contributed by atoms with Crippen LogP contribution in [0.1, 0.15) is 16.1 Å². The second-order valence-electron chi connectivity index (χ2n) is 6.25. The summed E-state index contributed by atoms with van der Waals surface area (Å²) in [6.07, 6.45) is 4.72. The van der Waals surface area contributed by atoms with Gasteiger partial charge in [0.25, 0.3) is 5.91 Å². The molecule has 1 saturated heterocycles. The summed E-state index contributed by atoms with van der Waals surface area (Å²) < 4.78 is 5.15. The first-order valence-electron chi connectivity index (χ1n) is 8.87. The van der Waals surface area contributed by atoms with E-state index in [9.17, 15) is 9.59 Å². The highest BCUT2D eigenvalue weighted by atomic mass is 16.5. The maximum Gasteiger partial charge on any atom is 0.274 e. The summed E-state index contributed by atoms with van der Waals surface area (Å²) in [6, 6.07) is 7.92. The molecule has 0 unspecified atom stereocenters. The standard InChI is InChI=1S/C19H23N5O3/c1-27-16-4-2-15(3-5-16)6-7-20-18-13-21-17(12-22-18)19(26)24-10-8-23(14-25)9-11-24/h2-5,12-14H,6-11H2,1H3,(H,20,22). The SMILES string of the molecule is COc1ccc(CCNc2cnc(C(=O)N3CCN(C=O)CC3)cn2)cc1. The number of ether oxygens (including phenoxy) is 1. The number of carbonyl (C=O) groups is 2. The summed E-state index contributed by atoms with van der Waals surface area (Å²) in [5.74, 6) is 1.31. The number of benzene rings is 1. The Labute approximate surface area is 158 Å². The molecule has 0 spiro atoms. The Balaban J connectivity index is 1.48. The van der Waals surface area contributed by atoms with Gasteiger partial charge in [-0.15, -0.1) is 0 Å². The summed E-state index contributed by atoms with van der Waals surface area (Å²) in [4.78, 5) is 35.0. The van der Waals surface area contributed by atoms with Gasteiger partial charge in [0.05, 0.1) is 19.5 Å². The quantitative estimate of drug-likeness (QED) is 0.734. The van der Waals surface area contributed by atoms with Gasteiger partial charge in [-0.1, -0.05) is 12.1 Å². The normalized spacial score (nSPS) is 14.0. The van der Waals surface area contributed by atoms with Crippen molar-refractivity contribution in [3.63, 3.8) is 0 Å². The van der Waals surface area contributed by atoms with Crippen molar-refractivity contribution in [3.8, 4) is 5.75 Å². The van der Waals surface area contributed by atoms with Crippen LogP contribution in [0.4, 0.5) is 5.82 Å². The number of piperazine rings is 1. The first kappa shape index (κ1) is 18.6. The van der Waals surface area contributed by atoms with Gasteiger partial charge < -0.3 is 19.9 Å². The van der Waals surface area contributed by atoms with Crippen LogP contribution in [0.25, 0.3) is 0 Å². The number of aromatic nitrogens is 2. The molecule has 1 aliphatic rings. The van der Waals surface area contributed by atoms with Gasteiger partial charge >= 0.3 is 0 Å². The van der Waals surface area contributed by atoms with Gasteiger partial charge in [-0.25, -0.2) is 9.97 Å². The van der Waals surface area contributed by atoms with E-state index in [0.717, 1.165) is 18.6 Å². The minimum absolute atomic E-state index is 0.155. The van der Waals surface area contributed by atoms with Crippen molar-refractivity contribution in [2.24, 2.45) is 0 Å². The summed E-state index contributed by atoms with van der Waals surface area (Å²) >= 11 is 0. The molecule has 2 aromatic rings. The van der Waals surface area contributed by atoms with E-state index in [-0.39, 0.29) is 5.91 Å². The molecule has 1 fully saturated rings. The highest BCUT2D eigenvalue weighted by Crippen LogP contribution is 2.12. The Bertz CT molecular complexity index is 756. The highest BCUT2D eigenvalue weighted by molar-refractivity contribution is 5.92. The van der Waals surface area contributed by atoms with Gasteiger partial charge in [0, 0.05) is 32.7 Å². The van der Waals surface area contributed by atoms with Crippen LogP contribution >= 0.6 is 0 Å². The van der Waals surface area contributed by atoms with Crippen LogP contribution in [0.2, 0.25) is 0 Å². The smallest absolute Gasteiger partial charge is 0.274 e. The topological polar surface area (TPSA) is 87.7 Å². The summed E-state index contributed by atoms with van der Waals surface area (Å²) in [6.45, 7) is 2.84. The van der Waals surface area contributed by atoms with Crippen molar-refractivity contribution in [1.82, 2.24) is 19.8 Å². The number of carbonyl (C=O) groups excluding carboxylic acids is 2. The second-order valence-corrected chi connectivity index (χ2v) is 6.25. The highest BCUT2D eigenvalue weighted by Gasteiger charge is 2.22. The number of methoxy groups -OCH3 is 1. The lowest BCUT2D eigenvalue weighted by Crippen LogP contribution is -2.48. The number of nitrogens with one attached hydrogen (secondary N) is 1. The van der Waals surface area contributed by atoms with Crippen molar-refractivity contribution in [3.05, 3.63) is 47.9 Å². The molecule has 0 radical (unpaired) electrons. The molecular formula is C19H23N5O3. The molecule has 27 heavy (non-hydrogen) atoms. The zero-order valence-corrected chi connectivity index (χ0v) is 15.3. The van der Waals surface area contributed by atoms with E-state index in [1.165, 1.54) is 11.8 Å². The van der Waals surface area contributed by atoms with E-state index >= 15 is 0 Å². The van der Waals surface area contributed by atoms with Gasteiger partial charge in [-0.2, -0.15) is 0 Å². The monoisotopic (exact) mass is 369 g/mol. The average Bonchev–Trinajstić information content (AvgIpc) is 2.74. The molecule has 1 N–H and O–H groups in total. The van der Waals surface area contributed by atoms with Gasteiger partial charge in [0.15, 0.2) is 0 Å². The van der Waals surface area contributed by atoms with E-state index in [1.807, 2.05) is 24.3 Å². The number of rotatable bonds is 7. The van der Waals surface area contributed by atoms with E-state index in [4.69, 9.17) is 4.74 Å². The molecule has 1 aliphatic heterocycles.